The number of hydrazone groups is 2. The first kappa shape index (κ1) is 35.2. The molecule has 3 aromatic rings. The molecule has 3 aromatic carbocycles. The Morgan fingerprint density at radius 3 is 1.10 bits per heavy atom. The van der Waals surface area contributed by atoms with Crippen LogP contribution in [0, 0.1) is 0 Å². The van der Waals surface area contributed by atoms with Crippen molar-refractivity contribution in [1.82, 2.24) is 0 Å². The summed E-state index contributed by atoms with van der Waals surface area (Å²) in [5.74, 6) is -9.28. The lowest BCUT2D eigenvalue weighted by molar-refractivity contribution is -0.116. The van der Waals surface area contributed by atoms with Crippen molar-refractivity contribution in [1.29, 1.82) is 0 Å². The maximum Gasteiger partial charge on any atom is 0.337 e. The van der Waals surface area contributed by atoms with E-state index in [1.165, 1.54) is 24.3 Å². The van der Waals surface area contributed by atoms with Gasteiger partial charge in [0.15, 0.2) is 23.0 Å². The van der Waals surface area contributed by atoms with Crippen molar-refractivity contribution in [2.45, 2.75) is 13.8 Å². The first-order valence-electron chi connectivity index (χ1n) is 13.2. The van der Waals surface area contributed by atoms with Crippen LogP contribution < -0.4 is 21.5 Å². The van der Waals surface area contributed by atoms with E-state index >= 15 is 0 Å². The van der Waals surface area contributed by atoms with Gasteiger partial charge in [-0.15, -0.1) is 0 Å². The SMILES string of the molecule is CC(=O)/C(=N/Nc1cc(C(=O)O)ccc1C(=O)O)C(=O)Nc1ccc(NC(=O)/C(=N\Nc2cc(C(=O)O)ccc2C(=O)O)C(C)=O)cc1. The van der Waals surface area contributed by atoms with Crippen LogP contribution in [0.5, 0.6) is 0 Å². The van der Waals surface area contributed by atoms with Crippen molar-refractivity contribution in [3.8, 4) is 0 Å². The lowest BCUT2D eigenvalue weighted by Crippen LogP contribution is -2.30. The van der Waals surface area contributed by atoms with Crippen LogP contribution in [-0.4, -0.2) is 79.1 Å². The fourth-order valence-electron chi connectivity index (χ4n) is 3.74. The molecule has 0 heterocycles. The number of carboxylic acid groups (broad SMARTS) is 4. The van der Waals surface area contributed by atoms with Gasteiger partial charge >= 0.3 is 23.9 Å². The fourth-order valence-corrected chi connectivity index (χ4v) is 3.74. The zero-order valence-electron chi connectivity index (χ0n) is 24.7. The van der Waals surface area contributed by atoms with Crippen molar-refractivity contribution in [3.05, 3.63) is 82.9 Å². The van der Waals surface area contributed by atoms with E-state index in [-0.39, 0.29) is 45.0 Å². The van der Waals surface area contributed by atoms with Gasteiger partial charge in [-0.05, 0) is 60.7 Å². The predicted molar refractivity (Wildman–Crippen MR) is 168 cm³/mol. The number of nitrogens with one attached hydrogen (secondary N) is 4. The van der Waals surface area contributed by atoms with Gasteiger partial charge in [0, 0.05) is 25.2 Å². The molecule has 0 aliphatic carbocycles. The molecule has 48 heavy (non-hydrogen) atoms. The average Bonchev–Trinajstić information content (AvgIpc) is 3.01. The molecule has 0 saturated carbocycles. The summed E-state index contributed by atoms with van der Waals surface area (Å²) >= 11 is 0. The Bertz CT molecular complexity index is 1790. The Balaban J connectivity index is 1.76. The summed E-state index contributed by atoms with van der Waals surface area (Å²) < 4.78 is 0. The highest BCUT2D eigenvalue weighted by molar-refractivity contribution is 6.67. The van der Waals surface area contributed by atoms with Crippen LogP contribution in [0.15, 0.2) is 70.9 Å². The number of nitrogens with zero attached hydrogens (tertiary/aromatic N) is 2. The number of Topliss-reactive ketones (excluding diaryl/α,β-unsaturated/α-hetero) is 2. The van der Waals surface area contributed by atoms with E-state index in [0.717, 1.165) is 50.2 Å². The molecule has 8 N–H and O–H groups in total. The van der Waals surface area contributed by atoms with Crippen LogP contribution in [0.3, 0.4) is 0 Å². The molecule has 0 bridgehead atoms. The first-order valence-corrected chi connectivity index (χ1v) is 13.2. The van der Waals surface area contributed by atoms with Crippen LogP contribution in [0.25, 0.3) is 0 Å². The minimum atomic E-state index is -1.43. The van der Waals surface area contributed by atoms with Crippen LogP contribution in [0.1, 0.15) is 55.3 Å². The Morgan fingerprint density at radius 2 is 0.833 bits per heavy atom. The second kappa shape index (κ2) is 15.2. The quantitative estimate of drug-likeness (QED) is 0.0700. The van der Waals surface area contributed by atoms with Gasteiger partial charge in [-0.2, -0.15) is 10.2 Å². The Kier molecular flexibility index (Phi) is 11.1. The average molecular weight is 661 g/mol. The molecular formula is C30H24N6O12. The number of carbonyl (C=O) groups is 8. The monoisotopic (exact) mass is 660 g/mol. The number of hydrogen-bond donors (Lipinski definition) is 8. The van der Waals surface area contributed by atoms with Crippen LogP contribution >= 0.6 is 0 Å². The lowest BCUT2D eigenvalue weighted by Gasteiger charge is -2.11. The highest BCUT2D eigenvalue weighted by Crippen LogP contribution is 2.20. The van der Waals surface area contributed by atoms with E-state index in [1.54, 1.807) is 0 Å². The molecule has 0 aliphatic heterocycles. The predicted octanol–water partition coefficient (Wildman–Crippen LogP) is 2.47. The number of carboxylic acids is 4. The number of rotatable bonds is 14. The standard InChI is InChI=1S/C30H24N6O12/c1-13(37)23(35-33-21-11-15(27(41)42)3-9-19(21)29(45)46)25(39)31-17-5-7-18(8-6-17)32-26(40)24(14(2)38)36-34-22-12-16(28(43)44)4-10-20(22)30(47)48/h3-12,33-34H,1-2H3,(H,31,39)(H,32,40)(H,41,42)(H,43,44)(H,45,46)(H,47,48)/b35-23-,36-24-. The molecule has 3 rings (SSSR count). The number of benzene rings is 3. The highest BCUT2D eigenvalue weighted by atomic mass is 16.4. The molecule has 0 unspecified atom stereocenters. The van der Waals surface area contributed by atoms with Gasteiger partial charge in [0.25, 0.3) is 11.8 Å². The van der Waals surface area contributed by atoms with Crippen molar-refractivity contribution >= 4 is 81.4 Å². The molecule has 0 fully saturated rings. The number of amides is 2. The summed E-state index contributed by atoms with van der Waals surface area (Å²) in [6.45, 7) is 2.03. The topological polar surface area (TPSA) is 290 Å². The minimum absolute atomic E-state index is 0.104. The van der Waals surface area contributed by atoms with Gasteiger partial charge in [0.1, 0.15) is 0 Å². The third-order valence-electron chi connectivity index (χ3n) is 6.07. The Hall–Kier alpha value is -7.24. The van der Waals surface area contributed by atoms with Crippen molar-refractivity contribution in [2.24, 2.45) is 10.2 Å². The van der Waals surface area contributed by atoms with Crippen molar-refractivity contribution in [3.63, 3.8) is 0 Å². The van der Waals surface area contributed by atoms with E-state index in [9.17, 15) is 58.8 Å². The zero-order valence-corrected chi connectivity index (χ0v) is 24.7. The van der Waals surface area contributed by atoms with Crippen LogP contribution in [0.4, 0.5) is 22.7 Å². The maximum absolute atomic E-state index is 12.8. The third kappa shape index (κ3) is 8.91. The van der Waals surface area contributed by atoms with E-state index in [4.69, 9.17) is 0 Å². The summed E-state index contributed by atoms with van der Waals surface area (Å²) in [4.78, 5) is 95.4. The highest BCUT2D eigenvalue weighted by Gasteiger charge is 2.21. The lowest BCUT2D eigenvalue weighted by atomic mass is 10.1. The number of anilines is 4. The van der Waals surface area contributed by atoms with Gasteiger partial charge < -0.3 is 31.1 Å². The maximum atomic E-state index is 12.8. The van der Waals surface area contributed by atoms with Crippen molar-refractivity contribution in [2.75, 3.05) is 21.5 Å². The smallest absolute Gasteiger partial charge is 0.337 e. The first-order chi connectivity index (χ1) is 22.6. The Labute approximate surface area is 268 Å². The molecule has 18 nitrogen and oxygen atoms in total. The van der Waals surface area contributed by atoms with Gasteiger partial charge in [0.2, 0.25) is 0 Å². The third-order valence-corrected chi connectivity index (χ3v) is 6.07. The normalized spacial score (nSPS) is 11.1. The number of hydrogen-bond acceptors (Lipinski definition) is 12. The second-order valence-corrected chi connectivity index (χ2v) is 9.48. The summed E-state index contributed by atoms with van der Waals surface area (Å²) in [5.41, 5.74) is 1.38. The van der Waals surface area contributed by atoms with Gasteiger partial charge in [0.05, 0.1) is 33.6 Å². The van der Waals surface area contributed by atoms with E-state index in [1.807, 2.05) is 0 Å². The summed E-state index contributed by atoms with van der Waals surface area (Å²) in [5, 5.41) is 49.2. The largest absolute Gasteiger partial charge is 0.478 e. The number of aromatic carboxylic acids is 4. The van der Waals surface area contributed by atoms with Crippen LogP contribution in [0.2, 0.25) is 0 Å². The molecular weight excluding hydrogens is 636 g/mol. The Morgan fingerprint density at radius 1 is 0.500 bits per heavy atom. The van der Waals surface area contributed by atoms with Gasteiger partial charge in [-0.1, -0.05) is 0 Å². The molecule has 18 heteroatoms. The zero-order chi connectivity index (χ0) is 35.7. The molecule has 0 aliphatic rings. The van der Waals surface area contributed by atoms with Gasteiger partial charge in [-0.3, -0.25) is 30.0 Å². The molecule has 246 valence electrons. The fraction of sp³-hybridized carbons (Fsp3) is 0.0667. The molecule has 0 radical (unpaired) electrons. The van der Waals surface area contributed by atoms with Crippen LogP contribution in [-0.2, 0) is 19.2 Å². The summed E-state index contributed by atoms with van der Waals surface area (Å²) in [6.07, 6.45) is 0. The second-order valence-electron chi connectivity index (χ2n) is 9.48. The van der Waals surface area contributed by atoms with E-state index < -0.39 is 58.7 Å². The summed E-state index contributed by atoms with van der Waals surface area (Å²) in [6, 6.07) is 11.2. The molecule has 0 saturated heterocycles. The molecule has 0 atom stereocenters. The molecule has 0 spiro atoms. The van der Waals surface area contributed by atoms with Gasteiger partial charge in [-0.25, -0.2) is 19.2 Å². The molecule has 0 aromatic heterocycles. The summed E-state index contributed by atoms with van der Waals surface area (Å²) in [7, 11) is 0. The number of ketones is 2. The van der Waals surface area contributed by atoms with E-state index in [2.05, 4.69) is 31.7 Å². The minimum Gasteiger partial charge on any atom is -0.478 e. The number of carbonyl (C=O) groups excluding carboxylic acids is 4. The van der Waals surface area contributed by atoms with Crippen molar-refractivity contribution < 1.29 is 58.8 Å². The molecule has 2 amide bonds. The van der Waals surface area contributed by atoms with E-state index in [0.29, 0.717) is 0 Å².